The second-order valence-electron chi connectivity index (χ2n) is 4.84. The second-order valence-corrected chi connectivity index (χ2v) is 4.84. The Hall–Kier alpha value is -2.56. The fraction of sp³-hybridized carbons (Fsp3) is 0.250. The number of hydrogen-bond acceptors (Lipinski definition) is 5. The third-order valence-corrected chi connectivity index (χ3v) is 3.37. The minimum Gasteiger partial charge on any atom is -0.486 e. The van der Waals surface area contributed by atoms with Crippen molar-refractivity contribution in [2.75, 3.05) is 31.7 Å². The summed E-state index contributed by atoms with van der Waals surface area (Å²) in [4.78, 5) is 0. The van der Waals surface area contributed by atoms with E-state index in [-0.39, 0.29) is 0 Å². The summed E-state index contributed by atoms with van der Waals surface area (Å²) in [6.07, 6.45) is 0. The maximum Gasteiger partial charge on any atom is 0.163 e. The van der Waals surface area contributed by atoms with E-state index in [1.165, 1.54) is 0 Å². The van der Waals surface area contributed by atoms with Crippen LogP contribution in [0, 0.1) is 0 Å². The molecular weight excluding hydrogens is 270 g/mol. The molecule has 0 amide bonds. The maximum absolute atomic E-state index is 5.58. The van der Waals surface area contributed by atoms with Crippen LogP contribution in [0.1, 0.15) is 0 Å². The normalized spacial score (nSPS) is 15.4. The first-order valence-electron chi connectivity index (χ1n) is 6.95. The Balaban J connectivity index is 1.58. The van der Waals surface area contributed by atoms with Crippen LogP contribution in [0.3, 0.4) is 0 Å². The minimum absolute atomic E-state index is 0.584. The van der Waals surface area contributed by atoms with E-state index in [1.807, 2.05) is 36.4 Å². The molecule has 0 fully saturated rings. The number of nitrogens with one attached hydrogen (secondary N) is 1. The molecule has 2 aliphatic rings. The van der Waals surface area contributed by atoms with Crippen molar-refractivity contribution in [2.24, 2.45) is 0 Å². The summed E-state index contributed by atoms with van der Waals surface area (Å²) in [6, 6.07) is 11.6. The Labute approximate surface area is 122 Å². The number of anilines is 2. The Kier molecular flexibility index (Phi) is 2.96. The van der Waals surface area contributed by atoms with Crippen LogP contribution < -0.4 is 24.3 Å². The van der Waals surface area contributed by atoms with E-state index < -0.39 is 0 Å². The summed E-state index contributed by atoms with van der Waals surface area (Å²) in [5, 5.41) is 3.33. The van der Waals surface area contributed by atoms with Crippen LogP contribution in [0.15, 0.2) is 36.4 Å². The number of benzene rings is 2. The fourth-order valence-corrected chi connectivity index (χ4v) is 2.41. The molecule has 1 N–H and O–H groups in total. The molecule has 0 spiro atoms. The van der Waals surface area contributed by atoms with E-state index in [9.17, 15) is 0 Å². The van der Waals surface area contributed by atoms with Crippen LogP contribution in [0.5, 0.6) is 23.0 Å². The monoisotopic (exact) mass is 285 g/mol. The first-order valence-corrected chi connectivity index (χ1v) is 6.95. The highest BCUT2D eigenvalue weighted by Gasteiger charge is 2.14. The number of fused-ring (bicyclic) bond motifs is 2. The predicted octanol–water partition coefficient (Wildman–Crippen LogP) is 2.97. The van der Waals surface area contributed by atoms with Gasteiger partial charge in [0.25, 0.3) is 0 Å². The SMILES string of the molecule is c1cc2c(cc1Nc1ccc3c(c1)OCCO3)OCCO2. The predicted molar refractivity (Wildman–Crippen MR) is 78.1 cm³/mol. The zero-order valence-corrected chi connectivity index (χ0v) is 11.4. The standard InChI is InChI=1S/C16H15NO4/c1-3-13-15(20-7-5-18-13)9-11(1)17-12-2-4-14-16(10-12)21-8-6-19-14/h1-4,9-10,17H,5-8H2. The summed E-state index contributed by atoms with van der Waals surface area (Å²) in [5.41, 5.74) is 1.88. The molecule has 2 aliphatic heterocycles. The molecule has 0 aromatic heterocycles. The molecule has 0 unspecified atom stereocenters. The molecular formula is C16H15NO4. The molecule has 5 heteroatoms. The molecule has 108 valence electrons. The number of hydrogen-bond donors (Lipinski definition) is 1. The molecule has 2 aromatic carbocycles. The quantitative estimate of drug-likeness (QED) is 0.919. The molecule has 5 nitrogen and oxygen atoms in total. The molecule has 2 heterocycles. The summed E-state index contributed by atoms with van der Waals surface area (Å²) in [7, 11) is 0. The lowest BCUT2D eigenvalue weighted by Gasteiger charge is -2.20. The average Bonchev–Trinajstić information content (AvgIpc) is 2.55. The van der Waals surface area contributed by atoms with Gasteiger partial charge in [0.2, 0.25) is 0 Å². The third kappa shape index (κ3) is 2.42. The van der Waals surface area contributed by atoms with Crippen LogP contribution in [0.25, 0.3) is 0 Å². The number of ether oxygens (including phenoxy) is 4. The lowest BCUT2D eigenvalue weighted by Crippen LogP contribution is -2.15. The van der Waals surface area contributed by atoms with Gasteiger partial charge in [0.05, 0.1) is 0 Å². The van der Waals surface area contributed by atoms with Gasteiger partial charge in [-0.3, -0.25) is 0 Å². The molecule has 0 bridgehead atoms. The highest BCUT2D eigenvalue weighted by molar-refractivity contribution is 5.66. The zero-order valence-electron chi connectivity index (χ0n) is 11.4. The lowest BCUT2D eigenvalue weighted by atomic mass is 10.2. The maximum atomic E-state index is 5.58. The van der Waals surface area contributed by atoms with Gasteiger partial charge < -0.3 is 24.3 Å². The highest BCUT2D eigenvalue weighted by Crippen LogP contribution is 2.36. The van der Waals surface area contributed by atoms with Crippen molar-refractivity contribution in [2.45, 2.75) is 0 Å². The van der Waals surface area contributed by atoms with Crippen molar-refractivity contribution >= 4 is 11.4 Å². The molecule has 4 rings (SSSR count). The van der Waals surface area contributed by atoms with E-state index in [1.54, 1.807) is 0 Å². The van der Waals surface area contributed by atoms with Crippen molar-refractivity contribution in [3.8, 4) is 23.0 Å². The molecule has 0 saturated carbocycles. The van der Waals surface area contributed by atoms with Crippen molar-refractivity contribution in [1.29, 1.82) is 0 Å². The van der Waals surface area contributed by atoms with E-state index in [0.717, 1.165) is 34.4 Å². The van der Waals surface area contributed by atoms with Crippen molar-refractivity contribution in [1.82, 2.24) is 0 Å². The third-order valence-electron chi connectivity index (χ3n) is 3.37. The Morgan fingerprint density at radius 1 is 0.571 bits per heavy atom. The van der Waals surface area contributed by atoms with Gasteiger partial charge in [-0.25, -0.2) is 0 Å². The first-order chi connectivity index (χ1) is 10.4. The Morgan fingerprint density at radius 3 is 1.48 bits per heavy atom. The second kappa shape index (κ2) is 5.09. The van der Waals surface area contributed by atoms with E-state index in [0.29, 0.717) is 26.4 Å². The summed E-state index contributed by atoms with van der Waals surface area (Å²) in [5.74, 6) is 3.11. The topological polar surface area (TPSA) is 49.0 Å². The van der Waals surface area contributed by atoms with E-state index >= 15 is 0 Å². The Morgan fingerprint density at radius 2 is 1.00 bits per heavy atom. The van der Waals surface area contributed by atoms with Crippen molar-refractivity contribution < 1.29 is 18.9 Å². The molecule has 21 heavy (non-hydrogen) atoms. The molecule has 0 atom stereocenters. The van der Waals surface area contributed by atoms with Crippen molar-refractivity contribution in [3.63, 3.8) is 0 Å². The average molecular weight is 285 g/mol. The first kappa shape index (κ1) is 12.2. The van der Waals surface area contributed by atoms with Gasteiger partial charge in [0, 0.05) is 23.5 Å². The van der Waals surface area contributed by atoms with Gasteiger partial charge in [0.15, 0.2) is 23.0 Å². The van der Waals surface area contributed by atoms with Crippen LogP contribution in [0.2, 0.25) is 0 Å². The zero-order chi connectivity index (χ0) is 14.1. The molecule has 2 aromatic rings. The molecule has 0 saturated heterocycles. The largest absolute Gasteiger partial charge is 0.486 e. The minimum atomic E-state index is 0.584. The molecule has 0 aliphatic carbocycles. The fourth-order valence-electron chi connectivity index (χ4n) is 2.41. The Bertz CT molecular complexity index is 614. The van der Waals surface area contributed by atoms with Gasteiger partial charge in [-0.2, -0.15) is 0 Å². The van der Waals surface area contributed by atoms with Gasteiger partial charge in [0.1, 0.15) is 26.4 Å². The summed E-state index contributed by atoms with van der Waals surface area (Å²) >= 11 is 0. The van der Waals surface area contributed by atoms with E-state index in [2.05, 4.69) is 5.32 Å². The van der Waals surface area contributed by atoms with Gasteiger partial charge in [-0.1, -0.05) is 0 Å². The van der Waals surface area contributed by atoms with Crippen molar-refractivity contribution in [3.05, 3.63) is 36.4 Å². The van der Waals surface area contributed by atoms with Crippen LogP contribution in [-0.2, 0) is 0 Å². The van der Waals surface area contributed by atoms with Crippen LogP contribution in [0.4, 0.5) is 11.4 Å². The van der Waals surface area contributed by atoms with Crippen LogP contribution in [-0.4, -0.2) is 26.4 Å². The summed E-state index contributed by atoms with van der Waals surface area (Å²) in [6.45, 7) is 2.37. The highest BCUT2D eigenvalue weighted by atomic mass is 16.6. The lowest BCUT2D eigenvalue weighted by molar-refractivity contribution is 0.171. The van der Waals surface area contributed by atoms with Crippen LogP contribution >= 0.6 is 0 Å². The number of rotatable bonds is 2. The molecule has 0 radical (unpaired) electrons. The van der Waals surface area contributed by atoms with E-state index in [4.69, 9.17) is 18.9 Å². The van der Waals surface area contributed by atoms with Gasteiger partial charge in [-0.15, -0.1) is 0 Å². The van der Waals surface area contributed by atoms with Gasteiger partial charge >= 0.3 is 0 Å². The van der Waals surface area contributed by atoms with Gasteiger partial charge in [-0.05, 0) is 24.3 Å². The smallest absolute Gasteiger partial charge is 0.163 e. The summed E-state index contributed by atoms with van der Waals surface area (Å²) < 4.78 is 22.2.